The molecule has 1 aromatic carbocycles. The van der Waals surface area contributed by atoms with Gasteiger partial charge in [-0.1, -0.05) is 23.2 Å². The van der Waals surface area contributed by atoms with Crippen LogP contribution >= 0.6 is 34.5 Å². The van der Waals surface area contributed by atoms with Gasteiger partial charge in [-0.15, -0.1) is 11.3 Å². The minimum atomic E-state index is -2.90. The van der Waals surface area contributed by atoms with E-state index in [1.54, 1.807) is 0 Å². The monoisotopic (exact) mass is 322 g/mol. The molecule has 19 heavy (non-hydrogen) atoms. The lowest BCUT2D eigenvalue weighted by Gasteiger charge is -2.05. The minimum absolute atomic E-state index is 0.0130. The second-order valence-electron chi connectivity index (χ2n) is 3.47. The zero-order valence-corrected chi connectivity index (χ0v) is 11.5. The predicted octanol–water partition coefficient (Wildman–Crippen LogP) is 4.89. The zero-order valence-electron chi connectivity index (χ0n) is 9.20. The fourth-order valence-corrected chi connectivity index (χ4v) is 2.90. The lowest BCUT2D eigenvalue weighted by atomic mass is 10.1. The number of hydrogen-bond acceptors (Lipinski definition) is 3. The number of alkyl halides is 2. The molecule has 0 aliphatic carbocycles. The van der Waals surface area contributed by atoms with Crippen molar-refractivity contribution in [3.05, 3.63) is 50.1 Å². The fourth-order valence-electron chi connectivity index (χ4n) is 1.44. The molecule has 0 radical (unpaired) electrons. The van der Waals surface area contributed by atoms with E-state index in [4.69, 9.17) is 23.2 Å². The van der Waals surface area contributed by atoms with Crippen molar-refractivity contribution >= 4 is 40.3 Å². The first-order valence-electron chi connectivity index (χ1n) is 5.02. The van der Waals surface area contributed by atoms with Crippen LogP contribution in [0.5, 0.6) is 5.75 Å². The van der Waals surface area contributed by atoms with Crippen LogP contribution in [0.3, 0.4) is 0 Å². The maximum Gasteiger partial charge on any atom is 0.387 e. The van der Waals surface area contributed by atoms with Gasteiger partial charge in [0.15, 0.2) is 5.78 Å². The average molecular weight is 323 g/mol. The summed E-state index contributed by atoms with van der Waals surface area (Å²) in [6, 6.07) is 6.84. The van der Waals surface area contributed by atoms with Crippen molar-refractivity contribution in [2.24, 2.45) is 0 Å². The van der Waals surface area contributed by atoms with Crippen molar-refractivity contribution in [1.29, 1.82) is 0 Å². The predicted molar refractivity (Wildman–Crippen MR) is 70.8 cm³/mol. The SMILES string of the molecule is O=C(c1ccc(OC(F)F)cc1)c1cc(Cl)sc1Cl. The Bertz CT molecular complexity index is 596. The molecule has 0 saturated carbocycles. The largest absolute Gasteiger partial charge is 0.435 e. The number of carbonyl (C=O) groups is 1. The third-order valence-corrected chi connectivity index (χ3v) is 3.73. The second-order valence-corrected chi connectivity index (χ2v) is 5.76. The van der Waals surface area contributed by atoms with Crippen LogP contribution in [0.15, 0.2) is 30.3 Å². The summed E-state index contributed by atoms with van der Waals surface area (Å²) in [5, 5.41) is 0. The summed E-state index contributed by atoms with van der Waals surface area (Å²) in [7, 11) is 0. The first kappa shape index (κ1) is 14.2. The molecule has 100 valence electrons. The highest BCUT2D eigenvalue weighted by Gasteiger charge is 2.16. The van der Waals surface area contributed by atoms with Gasteiger partial charge in [-0.3, -0.25) is 4.79 Å². The fraction of sp³-hybridized carbons (Fsp3) is 0.0833. The molecule has 2 aromatic rings. The molecule has 0 spiro atoms. The Balaban J connectivity index is 2.22. The first-order valence-corrected chi connectivity index (χ1v) is 6.59. The Morgan fingerprint density at radius 1 is 1.21 bits per heavy atom. The van der Waals surface area contributed by atoms with Crippen molar-refractivity contribution in [3.63, 3.8) is 0 Å². The molecule has 7 heteroatoms. The lowest BCUT2D eigenvalue weighted by molar-refractivity contribution is -0.0498. The summed E-state index contributed by atoms with van der Waals surface area (Å²) >= 11 is 12.7. The van der Waals surface area contributed by atoms with Crippen LogP contribution in [0.4, 0.5) is 8.78 Å². The van der Waals surface area contributed by atoms with E-state index in [1.807, 2.05) is 0 Å². The summed E-state index contributed by atoms with van der Waals surface area (Å²) < 4.78 is 28.9. The molecule has 2 nitrogen and oxygen atoms in total. The Hall–Kier alpha value is -1.17. The minimum Gasteiger partial charge on any atom is -0.435 e. The van der Waals surface area contributed by atoms with Gasteiger partial charge >= 0.3 is 6.61 Å². The second kappa shape index (κ2) is 5.86. The molecule has 0 amide bonds. The van der Waals surface area contributed by atoms with Crippen LogP contribution in [0.1, 0.15) is 15.9 Å². The first-order chi connectivity index (χ1) is 8.97. The molecule has 0 atom stereocenters. The van der Waals surface area contributed by atoms with Crippen LogP contribution in [0.25, 0.3) is 0 Å². The summed E-state index contributed by atoms with van der Waals surface area (Å²) in [5.41, 5.74) is 0.608. The van der Waals surface area contributed by atoms with Gasteiger partial charge in [0.2, 0.25) is 0 Å². The molecule has 0 N–H and O–H groups in total. The molecule has 2 rings (SSSR count). The van der Waals surface area contributed by atoms with E-state index >= 15 is 0 Å². The number of hydrogen-bond donors (Lipinski definition) is 0. The van der Waals surface area contributed by atoms with E-state index in [1.165, 1.54) is 30.3 Å². The molecule has 0 unspecified atom stereocenters. The molecule has 0 bridgehead atoms. The summed E-state index contributed by atoms with van der Waals surface area (Å²) in [6.45, 7) is -2.90. The van der Waals surface area contributed by atoms with E-state index in [0.29, 0.717) is 19.8 Å². The van der Waals surface area contributed by atoms with Crippen molar-refractivity contribution < 1.29 is 18.3 Å². The number of carbonyl (C=O) groups excluding carboxylic acids is 1. The van der Waals surface area contributed by atoms with Gasteiger partial charge in [0, 0.05) is 5.56 Å². The highest BCUT2D eigenvalue weighted by Crippen LogP contribution is 2.32. The number of ketones is 1. The number of benzene rings is 1. The molecular formula is C12H6Cl2F2O2S. The van der Waals surface area contributed by atoms with Crippen molar-refractivity contribution in [3.8, 4) is 5.75 Å². The molecule has 1 heterocycles. The maximum absolute atomic E-state index is 12.1. The van der Waals surface area contributed by atoms with Gasteiger partial charge in [0.25, 0.3) is 0 Å². The molecule has 1 aromatic heterocycles. The van der Waals surface area contributed by atoms with Crippen LogP contribution in [-0.4, -0.2) is 12.4 Å². The van der Waals surface area contributed by atoms with Gasteiger partial charge in [0.05, 0.1) is 9.90 Å². The van der Waals surface area contributed by atoms with Crippen LogP contribution < -0.4 is 4.74 Å². The number of ether oxygens (including phenoxy) is 1. The van der Waals surface area contributed by atoms with Gasteiger partial charge in [-0.25, -0.2) is 0 Å². The Labute approximate surface area is 121 Å². The van der Waals surface area contributed by atoms with Crippen LogP contribution in [-0.2, 0) is 0 Å². The highest BCUT2D eigenvalue weighted by atomic mass is 35.5. The van der Waals surface area contributed by atoms with Crippen molar-refractivity contribution in [2.45, 2.75) is 6.61 Å². The summed E-state index contributed by atoms with van der Waals surface area (Å²) in [5.74, 6) is -0.335. The van der Waals surface area contributed by atoms with E-state index in [9.17, 15) is 13.6 Å². The van der Waals surface area contributed by atoms with Gasteiger partial charge in [-0.05, 0) is 30.3 Å². The third-order valence-electron chi connectivity index (χ3n) is 2.24. The summed E-state index contributed by atoms with van der Waals surface area (Å²) in [6.07, 6.45) is 0. The van der Waals surface area contributed by atoms with Crippen molar-refractivity contribution in [2.75, 3.05) is 0 Å². The number of thiophene rings is 1. The quantitative estimate of drug-likeness (QED) is 0.749. The Morgan fingerprint density at radius 3 is 2.32 bits per heavy atom. The topological polar surface area (TPSA) is 26.3 Å². The smallest absolute Gasteiger partial charge is 0.387 e. The van der Waals surface area contributed by atoms with Gasteiger partial charge in [-0.2, -0.15) is 8.78 Å². The van der Waals surface area contributed by atoms with Gasteiger partial charge < -0.3 is 4.74 Å². The normalized spacial score (nSPS) is 10.8. The van der Waals surface area contributed by atoms with E-state index < -0.39 is 6.61 Å². The number of halogens is 4. The molecule has 0 fully saturated rings. The maximum atomic E-state index is 12.1. The van der Waals surface area contributed by atoms with Gasteiger partial charge in [0.1, 0.15) is 10.1 Å². The van der Waals surface area contributed by atoms with Crippen molar-refractivity contribution in [1.82, 2.24) is 0 Å². The summed E-state index contributed by atoms with van der Waals surface area (Å²) in [4.78, 5) is 12.1. The highest BCUT2D eigenvalue weighted by molar-refractivity contribution is 7.20. The van der Waals surface area contributed by atoms with Crippen LogP contribution in [0.2, 0.25) is 8.67 Å². The standard InChI is InChI=1S/C12H6Cl2F2O2S/c13-9-5-8(11(14)19-9)10(17)6-1-3-7(4-2-6)18-12(15)16/h1-5,12H. The average Bonchev–Trinajstić information content (AvgIpc) is 2.68. The van der Waals surface area contributed by atoms with E-state index in [-0.39, 0.29) is 11.5 Å². The number of rotatable bonds is 4. The Morgan fingerprint density at radius 2 is 1.84 bits per heavy atom. The van der Waals surface area contributed by atoms with E-state index in [0.717, 1.165) is 11.3 Å². The molecule has 0 saturated heterocycles. The zero-order chi connectivity index (χ0) is 14.0. The Kier molecular flexibility index (Phi) is 4.39. The third kappa shape index (κ3) is 3.43. The van der Waals surface area contributed by atoms with Crippen LogP contribution in [0, 0.1) is 0 Å². The van der Waals surface area contributed by atoms with E-state index in [2.05, 4.69) is 4.74 Å². The molecule has 0 aliphatic heterocycles. The molecular weight excluding hydrogens is 317 g/mol. The lowest BCUT2D eigenvalue weighted by Crippen LogP contribution is -2.03. The molecule has 0 aliphatic rings.